The third-order valence-electron chi connectivity index (χ3n) is 5.21. The molecule has 0 unspecified atom stereocenters. The molecule has 0 aromatic heterocycles. The molecule has 3 aromatic carbocycles. The fourth-order valence-corrected chi connectivity index (χ4v) is 3.44. The standard InChI is InChI=1S/C25H27BN2O4/c29-24(21-14-8-3-9-15-21)27-22(18-20-12-6-2-7-13-20)25(30)28-23(26(31)32)17-16-19-10-4-1-5-11-19/h1-15,22-23,31-32H,16-18H2,(H,27,29)(H,28,30)/t22-,23-/m0/s1. The lowest BCUT2D eigenvalue weighted by molar-refractivity contribution is -0.123. The summed E-state index contributed by atoms with van der Waals surface area (Å²) in [6, 6.07) is 26.8. The number of carbonyl (C=O) groups excluding carboxylic acids is 2. The van der Waals surface area contributed by atoms with Crippen molar-refractivity contribution < 1.29 is 19.6 Å². The Morgan fingerprint density at radius 3 is 1.84 bits per heavy atom. The van der Waals surface area contributed by atoms with Crippen LogP contribution >= 0.6 is 0 Å². The van der Waals surface area contributed by atoms with Gasteiger partial charge in [-0.15, -0.1) is 0 Å². The van der Waals surface area contributed by atoms with Crippen molar-refractivity contribution in [2.24, 2.45) is 0 Å². The highest BCUT2D eigenvalue weighted by Crippen LogP contribution is 2.09. The van der Waals surface area contributed by atoms with E-state index in [1.165, 1.54) is 0 Å². The smallest absolute Gasteiger partial charge is 0.426 e. The van der Waals surface area contributed by atoms with Crippen LogP contribution in [0.2, 0.25) is 0 Å². The van der Waals surface area contributed by atoms with E-state index in [4.69, 9.17) is 0 Å². The zero-order chi connectivity index (χ0) is 22.8. The highest BCUT2D eigenvalue weighted by atomic mass is 16.4. The molecule has 0 heterocycles. The first-order chi connectivity index (χ1) is 15.5. The van der Waals surface area contributed by atoms with Gasteiger partial charge in [0, 0.05) is 12.0 Å². The average molecular weight is 430 g/mol. The van der Waals surface area contributed by atoms with E-state index in [1.807, 2.05) is 66.7 Å². The normalized spacial score (nSPS) is 12.4. The molecule has 0 saturated carbocycles. The summed E-state index contributed by atoms with van der Waals surface area (Å²) < 4.78 is 0. The zero-order valence-corrected chi connectivity index (χ0v) is 17.7. The maximum Gasteiger partial charge on any atom is 0.475 e. The summed E-state index contributed by atoms with van der Waals surface area (Å²) in [4.78, 5) is 25.8. The van der Waals surface area contributed by atoms with Crippen molar-refractivity contribution >= 4 is 18.9 Å². The molecule has 0 saturated heterocycles. The summed E-state index contributed by atoms with van der Waals surface area (Å²) in [5, 5.41) is 25.1. The maximum atomic E-state index is 13.1. The van der Waals surface area contributed by atoms with Crippen LogP contribution in [-0.4, -0.2) is 41.0 Å². The minimum atomic E-state index is -1.72. The average Bonchev–Trinajstić information content (AvgIpc) is 2.82. The Morgan fingerprint density at radius 1 is 0.750 bits per heavy atom. The molecule has 3 rings (SSSR count). The van der Waals surface area contributed by atoms with E-state index in [0.29, 0.717) is 18.4 Å². The van der Waals surface area contributed by atoms with Gasteiger partial charge in [-0.25, -0.2) is 0 Å². The van der Waals surface area contributed by atoms with Crippen molar-refractivity contribution in [3.05, 3.63) is 108 Å². The first-order valence-electron chi connectivity index (χ1n) is 10.6. The van der Waals surface area contributed by atoms with E-state index in [1.54, 1.807) is 24.3 Å². The van der Waals surface area contributed by atoms with Gasteiger partial charge in [-0.3, -0.25) is 9.59 Å². The van der Waals surface area contributed by atoms with E-state index >= 15 is 0 Å². The Labute approximate surface area is 188 Å². The summed E-state index contributed by atoms with van der Waals surface area (Å²) in [5.74, 6) is -1.70. The predicted molar refractivity (Wildman–Crippen MR) is 125 cm³/mol. The second-order valence-electron chi connectivity index (χ2n) is 7.63. The topological polar surface area (TPSA) is 98.7 Å². The molecule has 32 heavy (non-hydrogen) atoms. The monoisotopic (exact) mass is 430 g/mol. The van der Waals surface area contributed by atoms with Crippen LogP contribution in [0.5, 0.6) is 0 Å². The Bertz CT molecular complexity index is 985. The van der Waals surface area contributed by atoms with Crippen molar-refractivity contribution in [1.29, 1.82) is 0 Å². The van der Waals surface area contributed by atoms with E-state index in [2.05, 4.69) is 10.6 Å². The summed E-state index contributed by atoms with van der Waals surface area (Å²) >= 11 is 0. The lowest BCUT2D eigenvalue weighted by Crippen LogP contribution is -2.54. The summed E-state index contributed by atoms with van der Waals surface area (Å²) in [7, 11) is -1.72. The number of hydrogen-bond donors (Lipinski definition) is 4. The first kappa shape index (κ1) is 23.3. The first-order valence-corrected chi connectivity index (χ1v) is 10.6. The Kier molecular flexibility index (Phi) is 8.60. The van der Waals surface area contributed by atoms with Gasteiger partial charge in [0.25, 0.3) is 5.91 Å². The summed E-state index contributed by atoms with van der Waals surface area (Å²) in [6.07, 6.45) is 1.19. The molecule has 0 fully saturated rings. The minimum absolute atomic E-state index is 0.276. The third-order valence-corrected chi connectivity index (χ3v) is 5.21. The number of hydrogen-bond acceptors (Lipinski definition) is 4. The number of amides is 2. The number of carbonyl (C=O) groups is 2. The summed E-state index contributed by atoms with van der Waals surface area (Å²) in [6.45, 7) is 0. The number of aryl methyl sites for hydroxylation is 1. The highest BCUT2D eigenvalue weighted by molar-refractivity contribution is 6.43. The molecular weight excluding hydrogens is 403 g/mol. The van der Waals surface area contributed by atoms with Crippen LogP contribution in [-0.2, 0) is 17.6 Å². The molecule has 2 atom stereocenters. The molecule has 0 aliphatic rings. The SMILES string of the molecule is O=C(N[C@@H](Cc1ccccc1)C(=O)N[C@@H](CCc1ccccc1)B(O)O)c1ccccc1. The fraction of sp³-hybridized carbons (Fsp3) is 0.200. The van der Waals surface area contributed by atoms with Gasteiger partial charge in [0.1, 0.15) is 6.04 Å². The van der Waals surface area contributed by atoms with Crippen molar-refractivity contribution in [1.82, 2.24) is 10.6 Å². The van der Waals surface area contributed by atoms with E-state index in [-0.39, 0.29) is 12.3 Å². The van der Waals surface area contributed by atoms with Gasteiger partial charge in [-0.1, -0.05) is 78.9 Å². The maximum absolute atomic E-state index is 13.1. The van der Waals surface area contributed by atoms with Crippen LogP contribution in [0.1, 0.15) is 27.9 Å². The van der Waals surface area contributed by atoms with Crippen LogP contribution in [0.15, 0.2) is 91.0 Å². The molecule has 4 N–H and O–H groups in total. The van der Waals surface area contributed by atoms with Gasteiger partial charge >= 0.3 is 7.12 Å². The van der Waals surface area contributed by atoms with Crippen molar-refractivity contribution in [3.8, 4) is 0 Å². The molecule has 164 valence electrons. The molecule has 6 nitrogen and oxygen atoms in total. The van der Waals surface area contributed by atoms with Gasteiger partial charge in [0.15, 0.2) is 0 Å². The Balaban J connectivity index is 1.71. The van der Waals surface area contributed by atoms with Gasteiger partial charge in [0.05, 0.1) is 5.94 Å². The minimum Gasteiger partial charge on any atom is -0.426 e. The van der Waals surface area contributed by atoms with Gasteiger partial charge in [0.2, 0.25) is 5.91 Å². The molecule has 0 aliphatic carbocycles. The number of benzene rings is 3. The molecule has 2 amide bonds. The number of rotatable bonds is 10. The van der Waals surface area contributed by atoms with E-state index in [9.17, 15) is 19.6 Å². The van der Waals surface area contributed by atoms with Gasteiger partial charge in [-0.2, -0.15) is 0 Å². The molecule has 0 spiro atoms. The molecule has 3 aromatic rings. The van der Waals surface area contributed by atoms with Crippen LogP contribution < -0.4 is 10.6 Å². The van der Waals surface area contributed by atoms with Gasteiger partial charge in [-0.05, 0) is 36.1 Å². The Morgan fingerprint density at radius 2 is 1.28 bits per heavy atom. The van der Waals surface area contributed by atoms with Crippen LogP contribution in [0, 0.1) is 0 Å². The quantitative estimate of drug-likeness (QED) is 0.371. The highest BCUT2D eigenvalue weighted by Gasteiger charge is 2.29. The zero-order valence-electron chi connectivity index (χ0n) is 17.7. The van der Waals surface area contributed by atoms with E-state index < -0.39 is 25.0 Å². The van der Waals surface area contributed by atoms with Crippen LogP contribution in [0.25, 0.3) is 0 Å². The van der Waals surface area contributed by atoms with Gasteiger partial charge < -0.3 is 20.7 Å². The second-order valence-corrected chi connectivity index (χ2v) is 7.63. The van der Waals surface area contributed by atoms with Crippen LogP contribution in [0.4, 0.5) is 0 Å². The predicted octanol–water partition coefficient (Wildman–Crippen LogP) is 2.16. The third kappa shape index (κ3) is 7.08. The van der Waals surface area contributed by atoms with Crippen LogP contribution in [0.3, 0.4) is 0 Å². The van der Waals surface area contributed by atoms with E-state index in [0.717, 1.165) is 11.1 Å². The molecule has 0 bridgehead atoms. The fourth-order valence-electron chi connectivity index (χ4n) is 3.44. The second kappa shape index (κ2) is 11.8. The molecule has 0 radical (unpaired) electrons. The summed E-state index contributed by atoms with van der Waals surface area (Å²) in [5.41, 5.74) is 2.36. The van der Waals surface area contributed by atoms with Crippen molar-refractivity contribution in [2.45, 2.75) is 31.2 Å². The lowest BCUT2D eigenvalue weighted by Gasteiger charge is -2.23. The molecule has 7 heteroatoms. The Hall–Kier alpha value is -3.42. The largest absolute Gasteiger partial charge is 0.475 e. The molecular formula is C25H27BN2O4. The molecule has 0 aliphatic heterocycles. The van der Waals surface area contributed by atoms with Crippen molar-refractivity contribution in [3.63, 3.8) is 0 Å². The number of nitrogens with one attached hydrogen (secondary N) is 2. The lowest BCUT2D eigenvalue weighted by atomic mass is 9.76. The van der Waals surface area contributed by atoms with Crippen molar-refractivity contribution in [2.75, 3.05) is 0 Å².